The lowest BCUT2D eigenvalue weighted by Gasteiger charge is -2.20. The lowest BCUT2D eigenvalue weighted by atomic mass is 10.2. The van der Waals surface area contributed by atoms with Crippen LogP contribution < -0.4 is 5.32 Å². The van der Waals surface area contributed by atoms with Gasteiger partial charge in [0.2, 0.25) is 0 Å². The van der Waals surface area contributed by atoms with Crippen molar-refractivity contribution in [1.82, 2.24) is 4.98 Å². The maximum atomic E-state index is 11.9. The van der Waals surface area contributed by atoms with Crippen LogP contribution in [0, 0.1) is 0 Å². The molecule has 0 aliphatic rings. The van der Waals surface area contributed by atoms with Gasteiger partial charge < -0.3 is 4.74 Å². The van der Waals surface area contributed by atoms with Gasteiger partial charge in [0.05, 0.1) is 5.75 Å². The molecule has 0 aliphatic heterocycles. The molecule has 0 aromatic carbocycles. The first kappa shape index (κ1) is 15.4. The average molecular weight is 286 g/mol. The highest BCUT2D eigenvalue weighted by Crippen LogP contribution is 2.20. The number of nitrogens with one attached hydrogen (secondary N) is 1. The molecule has 0 radical (unpaired) electrons. The van der Waals surface area contributed by atoms with Crippen LogP contribution in [0.25, 0.3) is 0 Å². The second-order valence-electron chi connectivity index (χ2n) is 4.88. The van der Waals surface area contributed by atoms with Crippen molar-refractivity contribution in [1.29, 1.82) is 0 Å². The van der Waals surface area contributed by atoms with Crippen molar-refractivity contribution in [3.05, 3.63) is 18.3 Å². The smallest absolute Gasteiger partial charge is 0.413 e. The Morgan fingerprint density at radius 1 is 1.42 bits per heavy atom. The predicted molar refractivity (Wildman–Crippen MR) is 71.8 cm³/mol. The molecule has 1 rings (SSSR count). The summed E-state index contributed by atoms with van der Waals surface area (Å²) >= 11 is 0. The fraction of sp³-hybridized carbons (Fsp3) is 0.500. The van der Waals surface area contributed by atoms with Gasteiger partial charge in [-0.15, -0.1) is 0 Å². The van der Waals surface area contributed by atoms with Crippen LogP contribution in [0.3, 0.4) is 0 Å². The van der Waals surface area contributed by atoms with E-state index < -0.39 is 21.5 Å². The van der Waals surface area contributed by atoms with Gasteiger partial charge in [0.15, 0.2) is 15.7 Å². The van der Waals surface area contributed by atoms with Gasteiger partial charge >= 0.3 is 6.09 Å². The third-order valence-electron chi connectivity index (χ3n) is 2.11. The summed E-state index contributed by atoms with van der Waals surface area (Å²) < 4.78 is 28.8. The minimum atomic E-state index is -3.45. The van der Waals surface area contributed by atoms with Crippen molar-refractivity contribution in [2.45, 2.75) is 38.2 Å². The van der Waals surface area contributed by atoms with E-state index in [1.54, 1.807) is 20.8 Å². The van der Waals surface area contributed by atoms with Crippen molar-refractivity contribution in [3.8, 4) is 0 Å². The Morgan fingerprint density at radius 2 is 2.05 bits per heavy atom. The number of ether oxygens (including phenoxy) is 1. The topological polar surface area (TPSA) is 85.4 Å². The van der Waals surface area contributed by atoms with E-state index in [1.165, 1.54) is 25.3 Å². The summed E-state index contributed by atoms with van der Waals surface area (Å²) in [6, 6.07) is 2.90. The molecule has 1 aromatic rings. The van der Waals surface area contributed by atoms with E-state index in [1.807, 2.05) is 0 Å². The largest absolute Gasteiger partial charge is 0.444 e. The molecule has 1 aromatic heterocycles. The van der Waals surface area contributed by atoms with Gasteiger partial charge in [-0.1, -0.05) is 6.92 Å². The summed E-state index contributed by atoms with van der Waals surface area (Å²) in [7, 11) is -3.45. The van der Waals surface area contributed by atoms with Crippen molar-refractivity contribution >= 4 is 21.7 Å². The molecule has 106 valence electrons. The van der Waals surface area contributed by atoms with E-state index in [9.17, 15) is 13.2 Å². The number of hydrogen-bond donors (Lipinski definition) is 1. The van der Waals surface area contributed by atoms with Gasteiger partial charge in [0.1, 0.15) is 10.5 Å². The molecular weight excluding hydrogens is 268 g/mol. The van der Waals surface area contributed by atoms with Crippen LogP contribution in [0.5, 0.6) is 0 Å². The van der Waals surface area contributed by atoms with Crippen molar-refractivity contribution in [3.63, 3.8) is 0 Å². The standard InChI is InChI=1S/C12H18N2O4S/c1-5-19(16,17)9-7-6-8-13-10(9)14-11(15)18-12(2,3)4/h6-8H,5H2,1-4H3,(H,13,14,15). The fourth-order valence-electron chi connectivity index (χ4n) is 1.29. The zero-order chi connectivity index (χ0) is 14.7. The summed E-state index contributed by atoms with van der Waals surface area (Å²) in [5.74, 6) is -0.0830. The Labute approximate surface area is 113 Å². The van der Waals surface area contributed by atoms with Gasteiger partial charge in [-0.25, -0.2) is 18.2 Å². The fourth-order valence-corrected chi connectivity index (χ4v) is 2.29. The molecule has 0 atom stereocenters. The molecule has 19 heavy (non-hydrogen) atoms. The lowest BCUT2D eigenvalue weighted by molar-refractivity contribution is 0.0635. The van der Waals surface area contributed by atoms with Crippen molar-refractivity contribution in [2.75, 3.05) is 11.1 Å². The van der Waals surface area contributed by atoms with E-state index in [2.05, 4.69) is 10.3 Å². The first-order valence-electron chi connectivity index (χ1n) is 5.83. The zero-order valence-corrected chi connectivity index (χ0v) is 12.2. The molecule has 1 amide bonds. The molecule has 1 N–H and O–H groups in total. The molecule has 1 heterocycles. The number of amides is 1. The van der Waals surface area contributed by atoms with Crippen molar-refractivity contribution in [2.24, 2.45) is 0 Å². The highest BCUT2D eigenvalue weighted by molar-refractivity contribution is 7.91. The molecule has 0 bridgehead atoms. The van der Waals surface area contributed by atoms with E-state index in [0.29, 0.717) is 0 Å². The maximum absolute atomic E-state index is 11.9. The van der Waals surface area contributed by atoms with Gasteiger partial charge in [-0.3, -0.25) is 5.32 Å². The second kappa shape index (κ2) is 5.56. The summed E-state index contributed by atoms with van der Waals surface area (Å²) in [5.41, 5.74) is -0.664. The predicted octanol–water partition coefficient (Wildman–Crippen LogP) is 2.22. The third kappa shape index (κ3) is 4.51. The normalized spacial score (nSPS) is 12.0. The maximum Gasteiger partial charge on any atom is 0.413 e. The number of carbonyl (C=O) groups is 1. The Bertz CT molecular complexity index is 561. The number of carbonyl (C=O) groups excluding carboxylic acids is 1. The van der Waals surface area contributed by atoms with Crippen LogP contribution in [0.2, 0.25) is 0 Å². The van der Waals surface area contributed by atoms with Gasteiger partial charge in [0, 0.05) is 6.20 Å². The van der Waals surface area contributed by atoms with E-state index in [-0.39, 0.29) is 16.5 Å². The van der Waals surface area contributed by atoms with Crippen LogP contribution in [-0.4, -0.2) is 30.8 Å². The SMILES string of the molecule is CCS(=O)(=O)c1cccnc1NC(=O)OC(C)(C)C. The van der Waals surface area contributed by atoms with E-state index in [4.69, 9.17) is 4.74 Å². The quantitative estimate of drug-likeness (QED) is 0.920. The zero-order valence-electron chi connectivity index (χ0n) is 11.4. The van der Waals surface area contributed by atoms with Crippen molar-refractivity contribution < 1.29 is 17.9 Å². The molecule has 0 unspecified atom stereocenters. The highest BCUT2D eigenvalue weighted by Gasteiger charge is 2.21. The van der Waals surface area contributed by atoms with Crippen LogP contribution >= 0.6 is 0 Å². The monoisotopic (exact) mass is 286 g/mol. The highest BCUT2D eigenvalue weighted by atomic mass is 32.2. The van der Waals surface area contributed by atoms with E-state index >= 15 is 0 Å². The molecule has 7 heteroatoms. The summed E-state index contributed by atoms with van der Waals surface area (Å²) in [5, 5.41) is 2.36. The molecule has 6 nitrogen and oxygen atoms in total. The van der Waals surface area contributed by atoms with Gasteiger partial charge in [0.25, 0.3) is 0 Å². The molecule has 0 aliphatic carbocycles. The summed E-state index contributed by atoms with van der Waals surface area (Å²) in [4.78, 5) is 15.5. The van der Waals surface area contributed by atoms with Crippen LogP contribution in [-0.2, 0) is 14.6 Å². The number of pyridine rings is 1. The minimum Gasteiger partial charge on any atom is -0.444 e. The van der Waals surface area contributed by atoms with Crippen LogP contribution in [0.15, 0.2) is 23.2 Å². The minimum absolute atomic E-state index is 0.0108. The molecular formula is C12H18N2O4S. The Hall–Kier alpha value is -1.63. The van der Waals surface area contributed by atoms with E-state index in [0.717, 1.165) is 0 Å². The average Bonchev–Trinajstić information content (AvgIpc) is 2.27. The number of aromatic nitrogens is 1. The summed E-state index contributed by atoms with van der Waals surface area (Å²) in [6.07, 6.45) is 0.667. The number of sulfone groups is 1. The number of nitrogens with zero attached hydrogens (tertiary/aromatic N) is 1. The molecule has 0 fully saturated rings. The molecule has 0 saturated heterocycles. The van der Waals surface area contributed by atoms with Crippen LogP contribution in [0.4, 0.5) is 10.6 Å². The first-order valence-corrected chi connectivity index (χ1v) is 7.49. The second-order valence-corrected chi connectivity index (χ2v) is 7.13. The van der Waals surface area contributed by atoms with Gasteiger partial charge in [-0.2, -0.15) is 0 Å². The Morgan fingerprint density at radius 3 is 2.58 bits per heavy atom. The lowest BCUT2D eigenvalue weighted by Crippen LogP contribution is -2.28. The van der Waals surface area contributed by atoms with Gasteiger partial charge in [-0.05, 0) is 32.9 Å². The van der Waals surface area contributed by atoms with Crippen LogP contribution in [0.1, 0.15) is 27.7 Å². The third-order valence-corrected chi connectivity index (χ3v) is 3.86. The first-order chi connectivity index (χ1) is 8.65. The molecule has 0 spiro atoms. The Kier molecular flexibility index (Phi) is 4.52. The Balaban J connectivity index is 3.00. The number of rotatable bonds is 3. The molecule has 0 saturated carbocycles. The number of hydrogen-bond acceptors (Lipinski definition) is 5. The number of anilines is 1. The summed E-state index contributed by atoms with van der Waals surface area (Å²) in [6.45, 7) is 6.68.